The molecule has 2 rings (SSSR count). The van der Waals surface area contributed by atoms with Crippen molar-refractivity contribution in [2.45, 2.75) is 20.2 Å². The minimum atomic E-state index is 0.980. The van der Waals surface area contributed by atoms with Gasteiger partial charge in [0.25, 0.3) is 0 Å². The molecule has 0 spiro atoms. The predicted molar refractivity (Wildman–Crippen MR) is 76.3 cm³/mol. The summed E-state index contributed by atoms with van der Waals surface area (Å²) in [6.45, 7) is 8.25. The summed E-state index contributed by atoms with van der Waals surface area (Å²) in [7, 11) is 2.14. The van der Waals surface area contributed by atoms with Crippen molar-refractivity contribution in [1.82, 2.24) is 0 Å². The van der Waals surface area contributed by atoms with E-state index in [1.807, 2.05) is 0 Å². The van der Waals surface area contributed by atoms with Crippen molar-refractivity contribution < 1.29 is 0 Å². The van der Waals surface area contributed by atoms with Crippen LogP contribution in [0.25, 0.3) is 0 Å². The Labute approximate surface area is 104 Å². The highest BCUT2D eigenvalue weighted by Gasteiger charge is 2.10. The van der Waals surface area contributed by atoms with Crippen molar-refractivity contribution >= 4 is 13.0 Å². The third kappa shape index (κ3) is 2.91. The van der Waals surface area contributed by atoms with Crippen LogP contribution in [0.4, 0.5) is 5.69 Å². The van der Waals surface area contributed by atoms with Crippen LogP contribution in [0.2, 0.25) is 6.82 Å². The highest BCUT2D eigenvalue weighted by molar-refractivity contribution is 6.44. The molecule has 0 bridgehead atoms. The molecule has 0 saturated heterocycles. The summed E-state index contributed by atoms with van der Waals surface area (Å²) in [6.07, 6.45) is 5.27. The number of nitrogens with one attached hydrogen (secondary N) is 1. The standard InChI is InChI=1S/C15H17BN/c1-11-4-8-15(9-5-11)17-12(2)13-6-7-14(10-13)16-3/h4-9,17H,2,10H2,1,3H3. The second-order valence-electron chi connectivity index (χ2n) is 4.37. The Balaban J connectivity index is 1.97. The zero-order valence-corrected chi connectivity index (χ0v) is 10.5. The molecule has 1 N–H and O–H groups in total. The second kappa shape index (κ2) is 5.09. The van der Waals surface area contributed by atoms with Gasteiger partial charge in [-0.3, -0.25) is 0 Å². The summed E-state index contributed by atoms with van der Waals surface area (Å²) in [5.74, 6) is 0. The van der Waals surface area contributed by atoms with Crippen molar-refractivity contribution in [3.8, 4) is 0 Å². The average molecular weight is 222 g/mol. The van der Waals surface area contributed by atoms with Gasteiger partial charge in [0, 0.05) is 11.4 Å². The van der Waals surface area contributed by atoms with E-state index in [0.717, 1.165) is 17.8 Å². The van der Waals surface area contributed by atoms with Crippen LogP contribution in [-0.2, 0) is 0 Å². The highest BCUT2D eigenvalue weighted by Crippen LogP contribution is 2.25. The first-order valence-electron chi connectivity index (χ1n) is 5.91. The van der Waals surface area contributed by atoms with E-state index in [9.17, 15) is 0 Å². The molecule has 0 amide bonds. The van der Waals surface area contributed by atoms with E-state index in [2.05, 4.69) is 69.3 Å². The van der Waals surface area contributed by atoms with Crippen molar-refractivity contribution in [3.63, 3.8) is 0 Å². The Hall–Kier alpha value is -1.70. The second-order valence-corrected chi connectivity index (χ2v) is 4.37. The van der Waals surface area contributed by atoms with E-state index >= 15 is 0 Å². The summed E-state index contributed by atoms with van der Waals surface area (Å²) < 4.78 is 0. The first kappa shape index (κ1) is 11.8. The van der Waals surface area contributed by atoms with E-state index in [1.54, 1.807) is 0 Å². The van der Waals surface area contributed by atoms with Gasteiger partial charge in [-0.25, -0.2) is 0 Å². The maximum Gasteiger partial charge on any atom is 0.143 e. The summed E-state index contributed by atoms with van der Waals surface area (Å²) in [4.78, 5) is 0. The minimum Gasteiger partial charge on any atom is -0.356 e. The Morgan fingerprint density at radius 2 is 1.94 bits per heavy atom. The molecular weight excluding hydrogens is 205 g/mol. The Bertz CT molecular complexity index is 480. The van der Waals surface area contributed by atoms with E-state index in [4.69, 9.17) is 0 Å². The molecule has 85 valence electrons. The van der Waals surface area contributed by atoms with Crippen molar-refractivity contribution in [2.75, 3.05) is 5.32 Å². The van der Waals surface area contributed by atoms with Crippen molar-refractivity contribution in [3.05, 3.63) is 65.3 Å². The molecule has 0 fully saturated rings. The third-order valence-corrected chi connectivity index (χ3v) is 3.00. The lowest BCUT2D eigenvalue weighted by Crippen LogP contribution is -2.01. The summed E-state index contributed by atoms with van der Waals surface area (Å²) >= 11 is 0. The predicted octanol–water partition coefficient (Wildman–Crippen LogP) is 3.89. The number of allylic oxidation sites excluding steroid dienone is 4. The van der Waals surface area contributed by atoms with Gasteiger partial charge in [0.2, 0.25) is 0 Å². The van der Waals surface area contributed by atoms with Gasteiger partial charge in [-0.05, 0) is 31.1 Å². The lowest BCUT2D eigenvalue weighted by molar-refractivity contribution is 1.23. The molecule has 17 heavy (non-hydrogen) atoms. The van der Waals surface area contributed by atoms with Crippen LogP contribution >= 0.6 is 0 Å². The molecule has 1 aliphatic rings. The van der Waals surface area contributed by atoms with Gasteiger partial charge in [-0.15, -0.1) is 5.47 Å². The number of aryl methyl sites for hydroxylation is 1. The first-order chi connectivity index (χ1) is 8.19. The normalized spacial score (nSPS) is 14.0. The molecule has 1 aromatic carbocycles. The quantitative estimate of drug-likeness (QED) is 0.762. The molecule has 1 aromatic rings. The highest BCUT2D eigenvalue weighted by atomic mass is 14.9. The Kier molecular flexibility index (Phi) is 3.53. The Morgan fingerprint density at radius 1 is 1.24 bits per heavy atom. The van der Waals surface area contributed by atoms with Crippen LogP contribution in [0.1, 0.15) is 12.0 Å². The number of rotatable bonds is 4. The maximum absolute atomic E-state index is 4.10. The third-order valence-electron chi connectivity index (χ3n) is 3.00. The van der Waals surface area contributed by atoms with Gasteiger partial charge in [0.1, 0.15) is 7.28 Å². The Morgan fingerprint density at radius 3 is 2.53 bits per heavy atom. The molecule has 0 heterocycles. The summed E-state index contributed by atoms with van der Waals surface area (Å²) in [5.41, 5.74) is 5.97. The van der Waals surface area contributed by atoms with E-state index in [0.29, 0.717) is 0 Å². The maximum atomic E-state index is 4.10. The lowest BCUT2D eigenvalue weighted by Gasteiger charge is -2.11. The summed E-state index contributed by atoms with van der Waals surface area (Å²) in [5, 5.41) is 3.35. The van der Waals surface area contributed by atoms with Gasteiger partial charge < -0.3 is 5.32 Å². The lowest BCUT2D eigenvalue weighted by atomic mass is 9.71. The zero-order valence-electron chi connectivity index (χ0n) is 10.5. The minimum absolute atomic E-state index is 0.980. The molecule has 1 radical (unpaired) electrons. The molecule has 0 saturated carbocycles. The van der Waals surface area contributed by atoms with E-state index in [1.165, 1.54) is 16.6 Å². The van der Waals surface area contributed by atoms with Crippen LogP contribution in [0, 0.1) is 6.92 Å². The topological polar surface area (TPSA) is 12.0 Å². The monoisotopic (exact) mass is 222 g/mol. The number of hydrogen-bond donors (Lipinski definition) is 1. The first-order valence-corrected chi connectivity index (χ1v) is 5.91. The largest absolute Gasteiger partial charge is 0.356 e. The number of hydrogen-bond acceptors (Lipinski definition) is 1. The molecule has 2 heteroatoms. The van der Waals surface area contributed by atoms with E-state index in [-0.39, 0.29) is 0 Å². The number of benzene rings is 1. The molecule has 0 unspecified atom stereocenters. The van der Waals surface area contributed by atoms with Crippen LogP contribution in [0.15, 0.2) is 59.7 Å². The zero-order chi connectivity index (χ0) is 12.3. The van der Waals surface area contributed by atoms with E-state index < -0.39 is 0 Å². The van der Waals surface area contributed by atoms with Crippen LogP contribution in [-0.4, -0.2) is 7.28 Å². The number of anilines is 1. The van der Waals surface area contributed by atoms with Gasteiger partial charge in [-0.2, -0.15) is 0 Å². The van der Waals surface area contributed by atoms with Crippen LogP contribution in [0.5, 0.6) is 0 Å². The fourth-order valence-electron chi connectivity index (χ4n) is 1.84. The van der Waals surface area contributed by atoms with Gasteiger partial charge in [0.15, 0.2) is 0 Å². The average Bonchev–Trinajstić information content (AvgIpc) is 2.81. The van der Waals surface area contributed by atoms with Gasteiger partial charge >= 0.3 is 0 Å². The van der Waals surface area contributed by atoms with Crippen LogP contribution in [0.3, 0.4) is 0 Å². The molecule has 0 aliphatic heterocycles. The van der Waals surface area contributed by atoms with Gasteiger partial charge in [-0.1, -0.05) is 43.3 Å². The van der Waals surface area contributed by atoms with Crippen molar-refractivity contribution in [1.29, 1.82) is 0 Å². The fraction of sp³-hybridized carbons (Fsp3) is 0.200. The molecule has 1 nitrogen and oxygen atoms in total. The molecule has 1 aliphatic carbocycles. The smallest absolute Gasteiger partial charge is 0.143 e. The SMILES string of the molecule is C=C(Nc1ccc(C)cc1)C1=CC=C([B]C)C1. The fourth-order valence-corrected chi connectivity index (χ4v) is 1.84. The molecule has 0 atom stereocenters. The summed E-state index contributed by atoms with van der Waals surface area (Å²) in [6, 6.07) is 8.36. The van der Waals surface area contributed by atoms with Crippen molar-refractivity contribution in [2.24, 2.45) is 0 Å². The molecular formula is C15H17BN. The molecule has 0 aromatic heterocycles. The van der Waals surface area contributed by atoms with Gasteiger partial charge in [0.05, 0.1) is 0 Å². The van der Waals surface area contributed by atoms with Crippen LogP contribution < -0.4 is 5.32 Å².